The largest absolute Gasteiger partial charge is 0.481 e. The molecule has 1 aromatic rings. The van der Waals surface area contributed by atoms with E-state index in [0.717, 1.165) is 18.6 Å². The number of fused-ring (bicyclic) bond motifs is 1. The number of amides is 2. The van der Waals surface area contributed by atoms with Gasteiger partial charge in [0.15, 0.2) is 0 Å². The summed E-state index contributed by atoms with van der Waals surface area (Å²) in [5, 5.41) is 23.9. The third-order valence-corrected chi connectivity index (χ3v) is 6.67. The minimum atomic E-state index is -0.925. The van der Waals surface area contributed by atoms with E-state index in [9.17, 15) is 14.4 Å². The van der Waals surface area contributed by atoms with Gasteiger partial charge in [-0.1, -0.05) is 24.6 Å². The van der Waals surface area contributed by atoms with Gasteiger partial charge in [0.25, 0.3) is 0 Å². The Labute approximate surface area is 180 Å². The molecule has 2 saturated heterocycles. The minimum absolute atomic E-state index is 0.0870. The number of benzene rings is 1. The van der Waals surface area contributed by atoms with Gasteiger partial charge >= 0.3 is 18.0 Å². The van der Waals surface area contributed by atoms with Crippen LogP contribution in [-0.4, -0.2) is 51.3 Å². The van der Waals surface area contributed by atoms with Gasteiger partial charge in [0.2, 0.25) is 0 Å². The molecule has 0 saturated carbocycles. The second kappa shape index (κ2) is 11.5. The van der Waals surface area contributed by atoms with Gasteiger partial charge in [-0.15, -0.1) is 12.3 Å². The average molecular weight is 434 g/mol. The van der Waals surface area contributed by atoms with Crippen LogP contribution in [0.4, 0.5) is 4.79 Å². The number of hydrogen-bond donors (Lipinski definition) is 5. The number of terminal acetylenes is 1. The first-order chi connectivity index (χ1) is 14.4. The minimum Gasteiger partial charge on any atom is -0.481 e. The molecule has 6 N–H and O–H groups in total. The molecular weight excluding hydrogens is 406 g/mol. The maximum absolute atomic E-state index is 11.2. The highest BCUT2D eigenvalue weighted by Crippen LogP contribution is 2.33. The van der Waals surface area contributed by atoms with Crippen molar-refractivity contribution in [3.8, 4) is 12.3 Å². The van der Waals surface area contributed by atoms with Crippen LogP contribution in [0.3, 0.4) is 0 Å². The van der Waals surface area contributed by atoms with Crippen molar-refractivity contribution in [1.82, 2.24) is 10.6 Å². The predicted molar refractivity (Wildman–Crippen MR) is 115 cm³/mol. The monoisotopic (exact) mass is 433 g/mol. The highest BCUT2D eigenvalue weighted by Gasteiger charge is 2.42. The Hall–Kier alpha value is -2.70. The molecule has 4 atom stereocenters. The van der Waals surface area contributed by atoms with Crippen LogP contribution in [0.15, 0.2) is 24.3 Å². The van der Waals surface area contributed by atoms with Crippen molar-refractivity contribution in [2.45, 2.75) is 49.6 Å². The standard InChI is InChI=1S/C13H18N2O3S.C8H9NO2/c1-2-4-8(12(16)17)5-3-6-10-11-9(7-19-10)14-13(18)15-11;9-5-6-3-1-2-4-7(6)8(10)11/h1,8-11H,3-7H2,(H,16,17)(H2,14,15,18);1-4H,5,9H2,(H,10,11)/t8?,9-,10-,11-;/m0./s1. The van der Waals surface area contributed by atoms with Gasteiger partial charge in [-0.3, -0.25) is 4.79 Å². The van der Waals surface area contributed by atoms with Gasteiger partial charge in [0.1, 0.15) is 0 Å². The summed E-state index contributed by atoms with van der Waals surface area (Å²) in [6.45, 7) is 0.266. The molecule has 30 heavy (non-hydrogen) atoms. The SMILES string of the molecule is C#CCC(CCC[C@@H]1SC[C@@H]2NC(=O)N[C@@H]21)C(=O)O.NCc1ccccc1C(=O)O. The van der Waals surface area contributed by atoms with Crippen LogP contribution >= 0.6 is 11.8 Å². The Morgan fingerprint density at radius 3 is 2.63 bits per heavy atom. The molecular formula is C21H27N3O5S. The Bertz CT molecular complexity index is 810. The molecule has 1 unspecified atom stereocenters. The molecule has 1 aromatic carbocycles. The van der Waals surface area contributed by atoms with E-state index in [1.807, 2.05) is 11.8 Å². The Balaban J connectivity index is 0.000000248. The van der Waals surface area contributed by atoms with Crippen molar-refractivity contribution >= 4 is 29.7 Å². The molecule has 3 rings (SSSR count). The van der Waals surface area contributed by atoms with Crippen molar-refractivity contribution in [3.05, 3.63) is 35.4 Å². The van der Waals surface area contributed by atoms with Crippen molar-refractivity contribution in [2.75, 3.05) is 5.75 Å². The average Bonchev–Trinajstić information content (AvgIpc) is 3.27. The van der Waals surface area contributed by atoms with Gasteiger partial charge < -0.3 is 26.6 Å². The molecule has 162 valence electrons. The molecule has 2 aliphatic heterocycles. The molecule has 0 radical (unpaired) electrons. The number of thioether (sulfide) groups is 1. The Kier molecular flexibility index (Phi) is 9.02. The molecule has 2 heterocycles. The maximum Gasteiger partial charge on any atom is 0.336 e. The van der Waals surface area contributed by atoms with Crippen LogP contribution in [-0.2, 0) is 11.3 Å². The highest BCUT2D eigenvalue weighted by atomic mass is 32.2. The lowest BCUT2D eigenvalue weighted by Crippen LogP contribution is -2.36. The van der Waals surface area contributed by atoms with Gasteiger partial charge in [0.05, 0.1) is 23.6 Å². The lowest BCUT2D eigenvalue weighted by Gasteiger charge is -2.17. The zero-order chi connectivity index (χ0) is 22.1. The molecule has 9 heteroatoms. The van der Waals surface area contributed by atoms with Crippen LogP contribution in [0, 0.1) is 18.3 Å². The summed E-state index contributed by atoms with van der Waals surface area (Å²) >= 11 is 1.84. The number of nitrogens with one attached hydrogen (secondary N) is 2. The molecule has 0 bridgehead atoms. The number of hydrogen-bond acceptors (Lipinski definition) is 5. The van der Waals surface area contributed by atoms with Gasteiger partial charge in [0, 0.05) is 24.0 Å². The molecule has 0 spiro atoms. The fourth-order valence-corrected chi connectivity index (χ4v) is 5.11. The van der Waals surface area contributed by atoms with E-state index in [1.54, 1.807) is 24.3 Å². The molecule has 2 fully saturated rings. The summed E-state index contributed by atoms with van der Waals surface area (Å²) in [5.41, 5.74) is 6.28. The van der Waals surface area contributed by atoms with Crippen LogP contribution in [0.1, 0.15) is 41.6 Å². The number of carbonyl (C=O) groups excluding carboxylic acids is 1. The Morgan fingerprint density at radius 1 is 1.30 bits per heavy atom. The zero-order valence-corrected chi connectivity index (χ0v) is 17.4. The van der Waals surface area contributed by atoms with E-state index in [4.69, 9.17) is 22.4 Å². The predicted octanol–water partition coefficient (Wildman–Crippen LogP) is 1.89. The van der Waals surface area contributed by atoms with E-state index in [2.05, 4.69) is 16.6 Å². The molecule has 0 aromatic heterocycles. The lowest BCUT2D eigenvalue weighted by molar-refractivity contribution is -0.141. The fourth-order valence-electron chi connectivity index (χ4n) is 3.57. The topological polar surface area (TPSA) is 142 Å². The summed E-state index contributed by atoms with van der Waals surface area (Å²) in [6, 6.07) is 7.04. The van der Waals surface area contributed by atoms with Crippen LogP contribution in [0.25, 0.3) is 0 Å². The van der Waals surface area contributed by atoms with Crippen molar-refractivity contribution in [2.24, 2.45) is 11.7 Å². The first kappa shape index (κ1) is 23.6. The van der Waals surface area contributed by atoms with Gasteiger partial charge in [-0.2, -0.15) is 11.8 Å². The number of nitrogens with two attached hydrogens (primary N) is 1. The van der Waals surface area contributed by atoms with Gasteiger partial charge in [-0.25, -0.2) is 9.59 Å². The summed E-state index contributed by atoms with van der Waals surface area (Å²) in [7, 11) is 0. The van der Waals surface area contributed by atoms with Crippen molar-refractivity contribution in [1.29, 1.82) is 0 Å². The first-order valence-electron chi connectivity index (χ1n) is 9.73. The number of carbonyl (C=O) groups is 3. The number of aromatic carboxylic acids is 1. The van der Waals surface area contributed by atoms with Gasteiger partial charge in [-0.05, 0) is 24.5 Å². The summed E-state index contributed by atoms with van der Waals surface area (Å²) in [6.07, 6.45) is 7.82. The van der Waals surface area contributed by atoms with Crippen LogP contribution in [0.5, 0.6) is 0 Å². The second-order valence-electron chi connectivity index (χ2n) is 7.16. The normalized spacial score (nSPS) is 22.5. The quantitative estimate of drug-likeness (QED) is 0.311. The highest BCUT2D eigenvalue weighted by molar-refractivity contribution is 8.00. The smallest absolute Gasteiger partial charge is 0.336 e. The summed E-state index contributed by atoms with van der Waals surface area (Å²) < 4.78 is 0. The molecule has 0 aliphatic carbocycles. The lowest BCUT2D eigenvalue weighted by atomic mass is 9.96. The zero-order valence-electron chi connectivity index (χ0n) is 16.5. The molecule has 2 aliphatic rings. The molecule has 8 nitrogen and oxygen atoms in total. The van der Waals surface area contributed by atoms with E-state index in [0.29, 0.717) is 17.2 Å². The van der Waals surface area contributed by atoms with E-state index >= 15 is 0 Å². The first-order valence-corrected chi connectivity index (χ1v) is 10.8. The van der Waals surface area contributed by atoms with E-state index in [1.165, 1.54) is 0 Å². The van der Waals surface area contributed by atoms with E-state index < -0.39 is 17.9 Å². The fraction of sp³-hybridized carbons (Fsp3) is 0.476. The number of rotatable bonds is 8. The van der Waals surface area contributed by atoms with Crippen LogP contribution in [0.2, 0.25) is 0 Å². The Morgan fingerprint density at radius 2 is 2.03 bits per heavy atom. The third-order valence-electron chi connectivity index (χ3n) is 5.16. The number of urea groups is 1. The van der Waals surface area contributed by atoms with Crippen LogP contribution < -0.4 is 16.4 Å². The summed E-state index contributed by atoms with van der Waals surface area (Å²) in [5.74, 6) is 1.17. The number of aliphatic carboxylic acids is 1. The van der Waals surface area contributed by atoms with E-state index in [-0.39, 0.29) is 36.6 Å². The summed E-state index contributed by atoms with van der Waals surface area (Å²) in [4.78, 5) is 32.7. The number of carboxylic acids is 2. The second-order valence-corrected chi connectivity index (χ2v) is 8.43. The molecule has 2 amide bonds. The van der Waals surface area contributed by atoms with Crippen molar-refractivity contribution < 1.29 is 24.6 Å². The third kappa shape index (κ3) is 6.40. The maximum atomic E-state index is 11.2. The number of carboxylic acid groups (broad SMARTS) is 2. The van der Waals surface area contributed by atoms with Crippen molar-refractivity contribution in [3.63, 3.8) is 0 Å².